The van der Waals surface area contributed by atoms with Crippen molar-refractivity contribution in [2.75, 3.05) is 19.7 Å². The number of ether oxygens (including phenoxy) is 1. The molecular formula is C26H26FNO5. The van der Waals surface area contributed by atoms with E-state index >= 15 is 0 Å². The zero-order valence-corrected chi connectivity index (χ0v) is 18.5. The fourth-order valence-electron chi connectivity index (χ4n) is 4.55. The Morgan fingerprint density at radius 3 is 2.52 bits per heavy atom. The van der Waals surface area contributed by atoms with E-state index < -0.39 is 5.63 Å². The number of carbonyl (C=O) groups excluding carboxylic acids is 2. The lowest BCUT2D eigenvalue weighted by Crippen LogP contribution is -2.41. The second-order valence-electron chi connectivity index (χ2n) is 8.28. The predicted molar refractivity (Wildman–Crippen MR) is 122 cm³/mol. The zero-order valence-electron chi connectivity index (χ0n) is 18.5. The monoisotopic (exact) mass is 451 g/mol. The van der Waals surface area contributed by atoms with Crippen molar-refractivity contribution in [1.82, 2.24) is 4.90 Å². The molecule has 172 valence electrons. The van der Waals surface area contributed by atoms with Gasteiger partial charge in [0.2, 0.25) is 0 Å². The van der Waals surface area contributed by atoms with E-state index in [-0.39, 0.29) is 41.5 Å². The molecule has 0 bridgehead atoms. The van der Waals surface area contributed by atoms with Crippen LogP contribution in [0, 0.1) is 11.7 Å². The number of amides is 1. The molecule has 1 aromatic heterocycles. The van der Waals surface area contributed by atoms with Gasteiger partial charge in [-0.15, -0.1) is 0 Å². The first kappa shape index (κ1) is 22.7. The van der Waals surface area contributed by atoms with Crippen molar-refractivity contribution in [3.8, 4) is 0 Å². The van der Waals surface area contributed by atoms with Crippen molar-refractivity contribution < 1.29 is 23.1 Å². The summed E-state index contributed by atoms with van der Waals surface area (Å²) in [6.07, 6.45) is 1.52. The molecular weight excluding hydrogens is 425 g/mol. The van der Waals surface area contributed by atoms with E-state index in [1.807, 2.05) is 6.07 Å². The summed E-state index contributed by atoms with van der Waals surface area (Å²) >= 11 is 0. The van der Waals surface area contributed by atoms with Crippen molar-refractivity contribution in [3.63, 3.8) is 0 Å². The maximum Gasteiger partial charge on any atom is 0.349 e. The Morgan fingerprint density at radius 2 is 1.82 bits per heavy atom. The Hall–Kier alpha value is -3.48. The average molecular weight is 451 g/mol. The third-order valence-corrected chi connectivity index (χ3v) is 6.26. The van der Waals surface area contributed by atoms with Gasteiger partial charge < -0.3 is 14.1 Å². The highest BCUT2D eigenvalue weighted by Crippen LogP contribution is 2.36. The smallest absolute Gasteiger partial charge is 0.349 e. The first-order chi connectivity index (χ1) is 16.0. The first-order valence-electron chi connectivity index (χ1n) is 11.2. The number of hydrogen-bond donors (Lipinski definition) is 0. The number of nitrogens with zero attached hydrogens (tertiary/aromatic N) is 1. The summed E-state index contributed by atoms with van der Waals surface area (Å²) in [5.74, 6) is -0.983. The molecule has 0 spiro atoms. The predicted octanol–water partition coefficient (Wildman–Crippen LogP) is 4.52. The van der Waals surface area contributed by atoms with Crippen LogP contribution < -0.4 is 5.63 Å². The molecule has 6 nitrogen and oxygen atoms in total. The standard InChI is InChI=1S/C26H26FNO5/c1-2-32-24(29)16-21(17-7-9-20(27)10-8-17)18-11-13-28(14-12-18)25(30)22-15-19-5-3-4-6-23(19)33-26(22)31/h3-10,15,18,21H,2,11-14,16H2,1H3. The molecule has 1 amide bonds. The summed E-state index contributed by atoms with van der Waals surface area (Å²) in [7, 11) is 0. The fourth-order valence-corrected chi connectivity index (χ4v) is 4.55. The molecule has 0 radical (unpaired) electrons. The minimum atomic E-state index is -0.646. The van der Waals surface area contributed by atoms with Crippen LogP contribution in [-0.2, 0) is 9.53 Å². The summed E-state index contributed by atoms with van der Waals surface area (Å²) in [6, 6.07) is 14.9. The van der Waals surface area contributed by atoms with Crippen LogP contribution in [0.2, 0.25) is 0 Å². The number of likely N-dealkylation sites (tertiary alicyclic amines) is 1. The third kappa shape index (κ3) is 5.13. The second kappa shape index (κ2) is 9.98. The normalized spacial score (nSPS) is 15.4. The number of benzene rings is 2. The van der Waals surface area contributed by atoms with Gasteiger partial charge in [-0.3, -0.25) is 9.59 Å². The Morgan fingerprint density at radius 1 is 1.12 bits per heavy atom. The number of esters is 1. The van der Waals surface area contributed by atoms with Crippen molar-refractivity contribution in [2.45, 2.75) is 32.1 Å². The van der Waals surface area contributed by atoms with Crippen LogP contribution in [0.15, 0.2) is 63.8 Å². The Balaban J connectivity index is 1.49. The molecule has 0 saturated carbocycles. The summed E-state index contributed by atoms with van der Waals surface area (Å²) in [5.41, 5.74) is 0.698. The van der Waals surface area contributed by atoms with Crippen molar-refractivity contribution in [3.05, 3.63) is 82.0 Å². The van der Waals surface area contributed by atoms with Gasteiger partial charge in [0, 0.05) is 18.5 Å². The van der Waals surface area contributed by atoms with E-state index in [9.17, 15) is 18.8 Å². The maximum absolute atomic E-state index is 13.4. The lowest BCUT2D eigenvalue weighted by Gasteiger charge is -2.36. The zero-order chi connectivity index (χ0) is 23.4. The summed E-state index contributed by atoms with van der Waals surface area (Å²) in [4.78, 5) is 39.3. The topological polar surface area (TPSA) is 76.8 Å². The average Bonchev–Trinajstić information content (AvgIpc) is 2.83. The van der Waals surface area contributed by atoms with Crippen LogP contribution in [0.4, 0.5) is 4.39 Å². The van der Waals surface area contributed by atoms with E-state index in [2.05, 4.69) is 0 Å². The molecule has 1 aliphatic heterocycles. The van der Waals surface area contributed by atoms with Gasteiger partial charge in [0.05, 0.1) is 13.0 Å². The van der Waals surface area contributed by atoms with Gasteiger partial charge in [-0.25, -0.2) is 9.18 Å². The molecule has 1 unspecified atom stereocenters. The quantitative estimate of drug-likeness (QED) is 0.407. The van der Waals surface area contributed by atoms with E-state index in [0.29, 0.717) is 43.5 Å². The minimum absolute atomic E-state index is 0.0220. The van der Waals surface area contributed by atoms with E-state index in [0.717, 1.165) is 5.56 Å². The molecule has 1 saturated heterocycles. The SMILES string of the molecule is CCOC(=O)CC(c1ccc(F)cc1)C1CCN(C(=O)c2cc3ccccc3oc2=O)CC1. The lowest BCUT2D eigenvalue weighted by atomic mass is 9.78. The van der Waals surface area contributed by atoms with Gasteiger partial charge in [0.25, 0.3) is 5.91 Å². The molecule has 4 rings (SSSR count). The highest BCUT2D eigenvalue weighted by Gasteiger charge is 2.32. The van der Waals surface area contributed by atoms with E-state index in [4.69, 9.17) is 9.15 Å². The molecule has 0 N–H and O–H groups in total. The molecule has 2 heterocycles. The number of fused-ring (bicyclic) bond motifs is 1. The Kier molecular flexibility index (Phi) is 6.87. The van der Waals surface area contributed by atoms with E-state index in [1.54, 1.807) is 48.2 Å². The maximum atomic E-state index is 13.4. The summed E-state index contributed by atoms with van der Waals surface area (Å²) in [5, 5.41) is 0.696. The van der Waals surface area contributed by atoms with Gasteiger partial charge >= 0.3 is 11.6 Å². The number of carbonyl (C=O) groups is 2. The van der Waals surface area contributed by atoms with Gasteiger partial charge in [0.15, 0.2) is 0 Å². The Labute approximate surface area is 191 Å². The number of rotatable bonds is 6. The second-order valence-corrected chi connectivity index (χ2v) is 8.28. The number of hydrogen-bond acceptors (Lipinski definition) is 5. The Bertz CT molecular complexity index is 1200. The van der Waals surface area contributed by atoms with Gasteiger partial charge in [-0.2, -0.15) is 0 Å². The fraction of sp³-hybridized carbons (Fsp3) is 0.346. The summed E-state index contributed by atoms with van der Waals surface area (Å²) < 4.78 is 23.9. The number of halogens is 1. The van der Waals surface area contributed by atoms with Crippen LogP contribution >= 0.6 is 0 Å². The van der Waals surface area contributed by atoms with Crippen LogP contribution in [-0.4, -0.2) is 36.5 Å². The van der Waals surface area contributed by atoms with Crippen LogP contribution in [0.1, 0.15) is 48.0 Å². The molecule has 1 atom stereocenters. The summed E-state index contributed by atoms with van der Waals surface area (Å²) in [6.45, 7) is 2.97. The van der Waals surface area contributed by atoms with Gasteiger partial charge in [-0.1, -0.05) is 30.3 Å². The minimum Gasteiger partial charge on any atom is -0.466 e. The van der Waals surface area contributed by atoms with Crippen molar-refractivity contribution in [1.29, 1.82) is 0 Å². The van der Waals surface area contributed by atoms with Crippen molar-refractivity contribution >= 4 is 22.8 Å². The van der Waals surface area contributed by atoms with Crippen molar-refractivity contribution in [2.24, 2.45) is 5.92 Å². The highest BCUT2D eigenvalue weighted by molar-refractivity contribution is 5.96. The molecule has 1 fully saturated rings. The van der Waals surface area contributed by atoms with Crippen LogP contribution in [0.25, 0.3) is 11.0 Å². The number of piperidine rings is 1. The molecule has 2 aromatic carbocycles. The number of para-hydroxylation sites is 1. The lowest BCUT2D eigenvalue weighted by molar-refractivity contribution is -0.144. The van der Waals surface area contributed by atoms with Crippen LogP contribution in [0.3, 0.4) is 0 Å². The first-order valence-corrected chi connectivity index (χ1v) is 11.2. The molecule has 1 aliphatic rings. The molecule has 3 aromatic rings. The largest absolute Gasteiger partial charge is 0.466 e. The molecule has 7 heteroatoms. The highest BCUT2D eigenvalue weighted by atomic mass is 19.1. The van der Waals surface area contributed by atoms with Gasteiger partial charge in [0.1, 0.15) is 17.0 Å². The molecule has 0 aliphatic carbocycles. The third-order valence-electron chi connectivity index (χ3n) is 6.26. The van der Waals surface area contributed by atoms with Crippen LogP contribution in [0.5, 0.6) is 0 Å². The van der Waals surface area contributed by atoms with Gasteiger partial charge in [-0.05, 0) is 61.4 Å². The van der Waals surface area contributed by atoms with E-state index in [1.165, 1.54) is 12.1 Å². The molecule has 33 heavy (non-hydrogen) atoms.